The van der Waals surface area contributed by atoms with Crippen LogP contribution in [0.15, 0.2) is 0 Å². The van der Waals surface area contributed by atoms with Gasteiger partial charge in [-0.15, -0.1) is 0 Å². The highest BCUT2D eigenvalue weighted by molar-refractivity contribution is 5.82. The SMILES string of the molecule is CCCCCCCCCCCCOC(=O)C1CCCCC1C(=O)OC. The van der Waals surface area contributed by atoms with E-state index in [2.05, 4.69) is 6.92 Å². The Morgan fingerprint density at radius 3 is 1.76 bits per heavy atom. The summed E-state index contributed by atoms with van der Waals surface area (Å²) in [7, 11) is 1.39. The van der Waals surface area contributed by atoms with Crippen LogP contribution in [0.25, 0.3) is 0 Å². The molecule has 4 nitrogen and oxygen atoms in total. The third-order valence-electron chi connectivity index (χ3n) is 5.31. The van der Waals surface area contributed by atoms with Crippen LogP contribution in [0, 0.1) is 11.8 Å². The van der Waals surface area contributed by atoms with Gasteiger partial charge in [0.1, 0.15) is 0 Å². The van der Waals surface area contributed by atoms with Crippen LogP contribution in [0.1, 0.15) is 96.8 Å². The first kappa shape index (κ1) is 22.0. The van der Waals surface area contributed by atoms with Gasteiger partial charge in [0.05, 0.1) is 25.6 Å². The van der Waals surface area contributed by atoms with Crippen LogP contribution in [0.2, 0.25) is 0 Å². The molecule has 0 radical (unpaired) electrons. The van der Waals surface area contributed by atoms with Crippen molar-refractivity contribution < 1.29 is 19.1 Å². The third-order valence-corrected chi connectivity index (χ3v) is 5.31. The smallest absolute Gasteiger partial charge is 0.309 e. The Morgan fingerprint density at radius 2 is 1.24 bits per heavy atom. The van der Waals surface area contributed by atoms with Gasteiger partial charge in [0.2, 0.25) is 0 Å². The topological polar surface area (TPSA) is 52.6 Å². The van der Waals surface area contributed by atoms with Crippen molar-refractivity contribution in [3.8, 4) is 0 Å². The van der Waals surface area contributed by atoms with Crippen LogP contribution in [-0.4, -0.2) is 25.7 Å². The van der Waals surface area contributed by atoms with Gasteiger partial charge < -0.3 is 9.47 Å². The number of carbonyl (C=O) groups excluding carboxylic acids is 2. The zero-order chi connectivity index (χ0) is 18.3. The van der Waals surface area contributed by atoms with Gasteiger partial charge in [-0.25, -0.2) is 0 Å². The maximum atomic E-state index is 12.3. The summed E-state index contributed by atoms with van der Waals surface area (Å²) in [6, 6.07) is 0. The number of carbonyl (C=O) groups is 2. The van der Waals surface area contributed by atoms with Crippen LogP contribution in [0.5, 0.6) is 0 Å². The molecule has 0 aromatic heterocycles. The lowest BCUT2D eigenvalue weighted by Crippen LogP contribution is -2.34. The van der Waals surface area contributed by atoms with E-state index in [1.165, 1.54) is 58.5 Å². The molecule has 1 rings (SSSR count). The van der Waals surface area contributed by atoms with E-state index >= 15 is 0 Å². The standard InChI is InChI=1S/C21H38O4/c1-3-4-5-6-7-8-9-10-11-14-17-25-21(23)19-16-13-12-15-18(19)20(22)24-2/h18-19H,3-17H2,1-2H3. The zero-order valence-corrected chi connectivity index (χ0v) is 16.4. The monoisotopic (exact) mass is 354 g/mol. The average Bonchev–Trinajstić information content (AvgIpc) is 2.65. The molecule has 2 unspecified atom stereocenters. The fraction of sp³-hybridized carbons (Fsp3) is 0.905. The van der Waals surface area contributed by atoms with E-state index in [-0.39, 0.29) is 23.8 Å². The molecule has 0 heterocycles. The molecule has 146 valence electrons. The Labute approximate surface area is 154 Å². The molecule has 2 atom stereocenters. The average molecular weight is 355 g/mol. The Bertz CT molecular complexity index is 367. The fourth-order valence-electron chi connectivity index (χ4n) is 3.72. The molecule has 0 saturated heterocycles. The lowest BCUT2D eigenvalue weighted by molar-refractivity contribution is -0.161. The summed E-state index contributed by atoms with van der Waals surface area (Å²) >= 11 is 0. The molecule has 4 heteroatoms. The number of rotatable bonds is 13. The predicted octanol–water partition coefficient (Wildman–Crippen LogP) is 5.43. The summed E-state index contributed by atoms with van der Waals surface area (Å²) in [6.45, 7) is 2.73. The second-order valence-corrected chi connectivity index (χ2v) is 7.37. The van der Waals surface area contributed by atoms with Crippen LogP contribution in [0.3, 0.4) is 0 Å². The van der Waals surface area contributed by atoms with E-state index in [4.69, 9.17) is 9.47 Å². The van der Waals surface area contributed by atoms with Gasteiger partial charge in [0, 0.05) is 0 Å². The molecule has 0 amide bonds. The molecule has 0 aliphatic heterocycles. The van der Waals surface area contributed by atoms with Crippen LogP contribution >= 0.6 is 0 Å². The van der Waals surface area contributed by atoms with Gasteiger partial charge in [-0.3, -0.25) is 9.59 Å². The van der Waals surface area contributed by atoms with E-state index < -0.39 is 0 Å². The number of hydrogen-bond donors (Lipinski definition) is 0. The normalized spacial score (nSPS) is 20.2. The fourth-order valence-corrected chi connectivity index (χ4v) is 3.72. The molecule has 0 aromatic carbocycles. The van der Waals surface area contributed by atoms with E-state index in [9.17, 15) is 9.59 Å². The van der Waals surface area contributed by atoms with Gasteiger partial charge in [0.15, 0.2) is 0 Å². The number of unbranched alkanes of at least 4 members (excludes halogenated alkanes) is 9. The number of esters is 2. The molecule has 1 saturated carbocycles. The molecule has 0 N–H and O–H groups in total. The Balaban J connectivity index is 2.05. The quantitative estimate of drug-likeness (QED) is 0.327. The van der Waals surface area contributed by atoms with Gasteiger partial charge in [-0.05, 0) is 19.3 Å². The maximum absolute atomic E-state index is 12.3. The summed E-state index contributed by atoms with van der Waals surface area (Å²) in [5.41, 5.74) is 0. The van der Waals surface area contributed by atoms with Crippen molar-refractivity contribution in [2.24, 2.45) is 11.8 Å². The summed E-state index contributed by atoms with van der Waals surface area (Å²) in [6.07, 6.45) is 16.1. The Hall–Kier alpha value is -1.06. The van der Waals surface area contributed by atoms with E-state index in [0.717, 1.165) is 38.5 Å². The van der Waals surface area contributed by atoms with E-state index in [1.54, 1.807) is 0 Å². The summed E-state index contributed by atoms with van der Waals surface area (Å²) in [4.78, 5) is 24.1. The van der Waals surface area contributed by atoms with Gasteiger partial charge >= 0.3 is 11.9 Å². The molecule has 1 fully saturated rings. The number of ether oxygens (including phenoxy) is 2. The van der Waals surface area contributed by atoms with Crippen LogP contribution < -0.4 is 0 Å². The number of hydrogen-bond acceptors (Lipinski definition) is 4. The van der Waals surface area contributed by atoms with E-state index in [1.807, 2.05) is 0 Å². The van der Waals surface area contributed by atoms with E-state index in [0.29, 0.717) is 6.61 Å². The van der Waals surface area contributed by atoms with Gasteiger partial charge in [0.25, 0.3) is 0 Å². The second kappa shape index (κ2) is 14.1. The first-order chi connectivity index (χ1) is 12.2. The Kier molecular flexibility index (Phi) is 12.4. The first-order valence-corrected chi connectivity index (χ1v) is 10.4. The van der Waals surface area contributed by atoms with Crippen LogP contribution in [-0.2, 0) is 19.1 Å². The molecule has 0 bridgehead atoms. The lowest BCUT2D eigenvalue weighted by Gasteiger charge is -2.27. The van der Waals surface area contributed by atoms with Crippen molar-refractivity contribution in [2.75, 3.05) is 13.7 Å². The highest BCUT2D eigenvalue weighted by Crippen LogP contribution is 2.32. The molecule has 1 aliphatic carbocycles. The second-order valence-electron chi connectivity index (χ2n) is 7.37. The summed E-state index contributed by atoms with van der Waals surface area (Å²) in [5, 5.41) is 0. The third kappa shape index (κ3) is 9.27. The molecule has 1 aliphatic rings. The van der Waals surface area contributed by atoms with Gasteiger partial charge in [-0.1, -0.05) is 77.6 Å². The molecular formula is C21H38O4. The van der Waals surface area contributed by atoms with Crippen LogP contribution in [0.4, 0.5) is 0 Å². The van der Waals surface area contributed by atoms with Crippen molar-refractivity contribution in [1.82, 2.24) is 0 Å². The Morgan fingerprint density at radius 1 is 0.760 bits per heavy atom. The molecular weight excluding hydrogens is 316 g/mol. The highest BCUT2D eigenvalue weighted by Gasteiger charge is 2.37. The first-order valence-electron chi connectivity index (χ1n) is 10.4. The van der Waals surface area contributed by atoms with Crippen molar-refractivity contribution in [3.05, 3.63) is 0 Å². The molecule has 0 spiro atoms. The summed E-state index contributed by atoms with van der Waals surface area (Å²) < 4.78 is 10.3. The predicted molar refractivity (Wildman–Crippen MR) is 100 cm³/mol. The minimum absolute atomic E-state index is 0.203. The largest absolute Gasteiger partial charge is 0.469 e. The maximum Gasteiger partial charge on any atom is 0.309 e. The lowest BCUT2D eigenvalue weighted by atomic mass is 9.79. The van der Waals surface area contributed by atoms with Crippen molar-refractivity contribution in [1.29, 1.82) is 0 Å². The zero-order valence-electron chi connectivity index (χ0n) is 16.4. The molecule has 25 heavy (non-hydrogen) atoms. The van der Waals surface area contributed by atoms with Gasteiger partial charge in [-0.2, -0.15) is 0 Å². The minimum atomic E-state index is -0.307. The van der Waals surface area contributed by atoms with Crippen molar-refractivity contribution in [3.63, 3.8) is 0 Å². The number of methoxy groups -OCH3 is 1. The molecule has 0 aromatic rings. The summed E-state index contributed by atoms with van der Waals surface area (Å²) in [5.74, 6) is -1.07. The van der Waals surface area contributed by atoms with Crippen molar-refractivity contribution >= 4 is 11.9 Å². The highest BCUT2D eigenvalue weighted by atomic mass is 16.5. The minimum Gasteiger partial charge on any atom is -0.469 e. The van der Waals surface area contributed by atoms with Crippen molar-refractivity contribution in [2.45, 2.75) is 96.8 Å².